The zero-order valence-electron chi connectivity index (χ0n) is 9.43. The molecule has 1 aromatic heterocycles. The van der Waals surface area contributed by atoms with Gasteiger partial charge in [-0.15, -0.1) is 0 Å². The summed E-state index contributed by atoms with van der Waals surface area (Å²) in [5.74, 6) is 0.728. The highest BCUT2D eigenvalue weighted by atomic mass is 16.5. The molecule has 1 atom stereocenters. The van der Waals surface area contributed by atoms with Crippen molar-refractivity contribution in [1.82, 2.24) is 4.98 Å². The van der Waals surface area contributed by atoms with Crippen molar-refractivity contribution in [3.8, 4) is 5.75 Å². The first-order valence-electron chi connectivity index (χ1n) is 5.72. The third-order valence-electron chi connectivity index (χ3n) is 2.93. The largest absolute Gasteiger partial charge is 0.485 e. The number of para-hydroxylation sites is 1. The van der Waals surface area contributed by atoms with Gasteiger partial charge in [-0.25, -0.2) is 0 Å². The van der Waals surface area contributed by atoms with Gasteiger partial charge in [-0.3, -0.25) is 4.98 Å². The fraction of sp³-hybridized carbons (Fsp3) is 0.308. The van der Waals surface area contributed by atoms with Gasteiger partial charge in [0.1, 0.15) is 6.10 Å². The number of nitrogens with zero attached hydrogens (tertiary/aromatic N) is 1. The summed E-state index contributed by atoms with van der Waals surface area (Å²) in [6.07, 6.45) is 2.66. The highest BCUT2D eigenvalue weighted by molar-refractivity contribution is 5.89. The van der Waals surface area contributed by atoms with Crippen molar-refractivity contribution in [1.29, 1.82) is 0 Å². The molecule has 0 radical (unpaired) electrons. The molecule has 1 saturated heterocycles. The van der Waals surface area contributed by atoms with Crippen LogP contribution in [0.4, 0.5) is 5.69 Å². The Morgan fingerprint density at radius 1 is 1.35 bits per heavy atom. The van der Waals surface area contributed by atoms with E-state index in [0.717, 1.165) is 29.7 Å². The third-order valence-corrected chi connectivity index (χ3v) is 2.93. The van der Waals surface area contributed by atoms with Crippen molar-refractivity contribution >= 4 is 16.6 Å². The van der Waals surface area contributed by atoms with Crippen LogP contribution in [-0.2, 0) is 4.74 Å². The van der Waals surface area contributed by atoms with Crippen molar-refractivity contribution < 1.29 is 9.47 Å². The molecule has 0 bridgehead atoms. The first-order valence-corrected chi connectivity index (χ1v) is 5.72. The number of fused-ring (bicyclic) bond motifs is 1. The molecule has 1 aromatic carbocycles. The van der Waals surface area contributed by atoms with Crippen LogP contribution >= 0.6 is 0 Å². The molecular weight excluding hydrogens is 216 g/mol. The maximum Gasteiger partial charge on any atom is 0.153 e. The van der Waals surface area contributed by atoms with Crippen LogP contribution < -0.4 is 10.5 Å². The van der Waals surface area contributed by atoms with Gasteiger partial charge in [0.2, 0.25) is 0 Å². The van der Waals surface area contributed by atoms with Gasteiger partial charge < -0.3 is 15.2 Å². The predicted octanol–water partition coefficient (Wildman–Crippen LogP) is 1.98. The number of benzene rings is 1. The molecule has 1 fully saturated rings. The minimum Gasteiger partial charge on any atom is -0.485 e. The summed E-state index contributed by atoms with van der Waals surface area (Å²) in [5.41, 5.74) is 7.41. The van der Waals surface area contributed by atoms with Crippen LogP contribution in [-0.4, -0.2) is 24.3 Å². The van der Waals surface area contributed by atoms with Crippen LogP contribution in [0.15, 0.2) is 30.5 Å². The molecular formula is C13H14N2O2. The second-order valence-electron chi connectivity index (χ2n) is 4.16. The fourth-order valence-corrected chi connectivity index (χ4v) is 2.04. The lowest BCUT2D eigenvalue weighted by Gasteiger charge is -2.15. The molecule has 2 N–H and O–H groups in total. The molecule has 0 saturated carbocycles. The number of anilines is 1. The zero-order valence-corrected chi connectivity index (χ0v) is 9.43. The SMILES string of the molecule is Nc1cnc2ccccc2c1OC1CCOC1. The Morgan fingerprint density at radius 3 is 3.06 bits per heavy atom. The van der Waals surface area contributed by atoms with Crippen LogP contribution in [0.3, 0.4) is 0 Å². The van der Waals surface area contributed by atoms with E-state index >= 15 is 0 Å². The number of hydrogen-bond acceptors (Lipinski definition) is 4. The smallest absolute Gasteiger partial charge is 0.153 e. The predicted molar refractivity (Wildman–Crippen MR) is 66.0 cm³/mol. The summed E-state index contributed by atoms with van der Waals surface area (Å²) < 4.78 is 11.2. The topological polar surface area (TPSA) is 57.4 Å². The van der Waals surface area contributed by atoms with E-state index in [0.29, 0.717) is 12.3 Å². The number of rotatable bonds is 2. The van der Waals surface area contributed by atoms with Crippen LogP contribution in [0.1, 0.15) is 6.42 Å². The highest BCUT2D eigenvalue weighted by Crippen LogP contribution is 2.31. The van der Waals surface area contributed by atoms with Gasteiger partial charge in [-0.05, 0) is 12.1 Å². The average molecular weight is 230 g/mol. The summed E-state index contributed by atoms with van der Waals surface area (Å²) in [4.78, 5) is 4.28. The summed E-state index contributed by atoms with van der Waals surface area (Å²) in [6.45, 7) is 1.39. The molecule has 17 heavy (non-hydrogen) atoms. The first-order chi connectivity index (χ1) is 8.34. The summed E-state index contributed by atoms with van der Waals surface area (Å²) in [5, 5.41) is 0.958. The standard InChI is InChI=1S/C13H14N2O2/c14-11-7-15-12-4-2-1-3-10(12)13(11)17-9-5-6-16-8-9/h1-4,7,9H,5-6,8,14H2. The van der Waals surface area contributed by atoms with Crippen LogP contribution in [0, 0.1) is 0 Å². The van der Waals surface area contributed by atoms with E-state index < -0.39 is 0 Å². The maximum atomic E-state index is 5.94. The van der Waals surface area contributed by atoms with Gasteiger partial charge in [-0.1, -0.05) is 12.1 Å². The van der Waals surface area contributed by atoms with Crippen molar-refractivity contribution in [2.24, 2.45) is 0 Å². The average Bonchev–Trinajstić information content (AvgIpc) is 2.86. The summed E-state index contributed by atoms with van der Waals surface area (Å²) in [7, 11) is 0. The van der Waals surface area contributed by atoms with E-state index in [2.05, 4.69) is 4.98 Å². The molecule has 0 spiro atoms. The molecule has 2 aromatic rings. The van der Waals surface area contributed by atoms with Crippen LogP contribution in [0.2, 0.25) is 0 Å². The van der Waals surface area contributed by atoms with Crippen LogP contribution in [0.5, 0.6) is 5.75 Å². The molecule has 4 nitrogen and oxygen atoms in total. The number of aromatic nitrogens is 1. The van der Waals surface area contributed by atoms with Gasteiger partial charge in [0.25, 0.3) is 0 Å². The van der Waals surface area contributed by atoms with Gasteiger partial charge in [-0.2, -0.15) is 0 Å². The van der Waals surface area contributed by atoms with Crippen molar-refractivity contribution in [3.05, 3.63) is 30.5 Å². The Bertz CT molecular complexity index is 536. The third kappa shape index (κ3) is 1.91. The van der Waals surface area contributed by atoms with Gasteiger partial charge in [0.05, 0.1) is 30.6 Å². The number of nitrogens with two attached hydrogens (primary N) is 1. The molecule has 2 heterocycles. The Kier molecular flexibility index (Phi) is 2.57. The zero-order chi connectivity index (χ0) is 11.7. The van der Waals surface area contributed by atoms with Crippen molar-refractivity contribution in [2.45, 2.75) is 12.5 Å². The van der Waals surface area contributed by atoms with Crippen LogP contribution in [0.25, 0.3) is 10.9 Å². The Morgan fingerprint density at radius 2 is 2.24 bits per heavy atom. The summed E-state index contributed by atoms with van der Waals surface area (Å²) >= 11 is 0. The van der Waals surface area contributed by atoms with Gasteiger partial charge in [0.15, 0.2) is 5.75 Å². The van der Waals surface area contributed by atoms with E-state index in [-0.39, 0.29) is 6.10 Å². The van der Waals surface area contributed by atoms with E-state index in [1.807, 2.05) is 24.3 Å². The fourth-order valence-electron chi connectivity index (χ4n) is 2.04. The number of hydrogen-bond donors (Lipinski definition) is 1. The van der Waals surface area contributed by atoms with Crippen molar-refractivity contribution in [3.63, 3.8) is 0 Å². The monoisotopic (exact) mass is 230 g/mol. The minimum absolute atomic E-state index is 0.100. The highest BCUT2D eigenvalue weighted by Gasteiger charge is 2.19. The molecule has 1 unspecified atom stereocenters. The lowest BCUT2D eigenvalue weighted by molar-refractivity contribution is 0.143. The normalized spacial score (nSPS) is 19.6. The number of nitrogen functional groups attached to an aromatic ring is 1. The summed E-state index contributed by atoms with van der Waals surface area (Å²) in [6, 6.07) is 7.84. The number of pyridine rings is 1. The first kappa shape index (κ1) is 10.4. The molecule has 4 heteroatoms. The molecule has 3 rings (SSSR count). The Labute approximate surface area is 99.4 Å². The number of ether oxygens (including phenoxy) is 2. The molecule has 1 aliphatic rings. The molecule has 1 aliphatic heterocycles. The van der Waals surface area contributed by atoms with E-state index in [1.165, 1.54) is 0 Å². The van der Waals surface area contributed by atoms with E-state index in [1.54, 1.807) is 6.20 Å². The quantitative estimate of drug-likeness (QED) is 0.857. The Hall–Kier alpha value is -1.81. The lowest BCUT2D eigenvalue weighted by atomic mass is 10.2. The van der Waals surface area contributed by atoms with Crippen molar-refractivity contribution in [2.75, 3.05) is 18.9 Å². The second-order valence-corrected chi connectivity index (χ2v) is 4.16. The van der Waals surface area contributed by atoms with Gasteiger partial charge >= 0.3 is 0 Å². The molecule has 0 amide bonds. The second kappa shape index (κ2) is 4.22. The maximum absolute atomic E-state index is 5.94. The Balaban J connectivity index is 2.03. The molecule has 0 aliphatic carbocycles. The molecule has 88 valence electrons. The minimum atomic E-state index is 0.100. The van der Waals surface area contributed by atoms with E-state index in [9.17, 15) is 0 Å². The van der Waals surface area contributed by atoms with E-state index in [4.69, 9.17) is 15.2 Å². The lowest BCUT2D eigenvalue weighted by Crippen LogP contribution is -2.16. The van der Waals surface area contributed by atoms with Gasteiger partial charge in [0, 0.05) is 11.8 Å².